The van der Waals surface area contributed by atoms with Crippen molar-refractivity contribution in [3.8, 4) is 6.07 Å². The maximum Gasteiger partial charge on any atom is 0.100 e. The Balaban J connectivity index is 1.76. The Bertz CT molecular complexity index is 646. The minimum Gasteiger partial charge on any atom is -0.370 e. The fourth-order valence-electron chi connectivity index (χ4n) is 2.51. The summed E-state index contributed by atoms with van der Waals surface area (Å²) in [7, 11) is 0. The lowest BCUT2D eigenvalue weighted by Crippen LogP contribution is -2.38. The van der Waals surface area contributed by atoms with Gasteiger partial charge in [0.2, 0.25) is 0 Å². The molecule has 3 rings (SSSR count). The Labute approximate surface area is 132 Å². The average Bonchev–Trinajstić information content (AvgIpc) is 2.56. The number of halogens is 1. The summed E-state index contributed by atoms with van der Waals surface area (Å²) in [4.78, 5) is 2.30. The van der Waals surface area contributed by atoms with Crippen molar-refractivity contribution in [1.82, 2.24) is 0 Å². The van der Waals surface area contributed by atoms with Crippen molar-refractivity contribution in [2.45, 2.75) is 6.10 Å². The van der Waals surface area contributed by atoms with Crippen molar-refractivity contribution in [2.75, 3.05) is 24.6 Å². The number of rotatable bonds is 2. The molecule has 0 radical (unpaired) electrons. The van der Waals surface area contributed by atoms with E-state index in [0.29, 0.717) is 12.2 Å². The van der Waals surface area contributed by atoms with Gasteiger partial charge in [0.05, 0.1) is 18.2 Å². The van der Waals surface area contributed by atoms with Gasteiger partial charge in [-0.15, -0.1) is 0 Å². The summed E-state index contributed by atoms with van der Waals surface area (Å²) in [5, 5.41) is 8.86. The monoisotopic (exact) mass is 342 g/mol. The van der Waals surface area contributed by atoms with Crippen LogP contribution >= 0.6 is 15.9 Å². The van der Waals surface area contributed by atoms with Crippen LogP contribution in [-0.4, -0.2) is 19.7 Å². The Kier molecular flexibility index (Phi) is 4.23. The number of anilines is 1. The summed E-state index contributed by atoms with van der Waals surface area (Å²) in [6.07, 6.45) is 0.0856. The number of morpholine rings is 1. The molecule has 1 saturated heterocycles. The highest BCUT2D eigenvalue weighted by Crippen LogP contribution is 2.27. The zero-order valence-electron chi connectivity index (χ0n) is 11.5. The number of nitrogens with zero attached hydrogens (tertiary/aromatic N) is 2. The van der Waals surface area contributed by atoms with Gasteiger partial charge in [0.25, 0.3) is 0 Å². The van der Waals surface area contributed by atoms with Crippen LogP contribution in [0.5, 0.6) is 0 Å². The quantitative estimate of drug-likeness (QED) is 0.830. The van der Waals surface area contributed by atoms with Crippen LogP contribution in [-0.2, 0) is 4.74 Å². The lowest BCUT2D eigenvalue weighted by molar-refractivity contribution is 0.0398. The van der Waals surface area contributed by atoms with Crippen molar-refractivity contribution < 1.29 is 4.74 Å². The SMILES string of the molecule is N#Cc1ccc(N2CCOC(c3ccc(Br)cc3)C2)cc1. The highest BCUT2D eigenvalue weighted by atomic mass is 79.9. The van der Waals surface area contributed by atoms with Gasteiger partial charge < -0.3 is 9.64 Å². The largest absolute Gasteiger partial charge is 0.370 e. The van der Waals surface area contributed by atoms with E-state index in [9.17, 15) is 0 Å². The zero-order chi connectivity index (χ0) is 14.7. The highest BCUT2D eigenvalue weighted by Gasteiger charge is 2.22. The molecule has 106 valence electrons. The minimum absolute atomic E-state index is 0.0856. The van der Waals surface area contributed by atoms with E-state index in [1.54, 1.807) is 0 Å². The number of hydrogen-bond donors (Lipinski definition) is 0. The molecule has 0 spiro atoms. The topological polar surface area (TPSA) is 36.3 Å². The minimum atomic E-state index is 0.0856. The molecule has 2 aromatic rings. The molecule has 0 amide bonds. The van der Waals surface area contributed by atoms with E-state index < -0.39 is 0 Å². The van der Waals surface area contributed by atoms with E-state index in [-0.39, 0.29) is 6.10 Å². The number of hydrogen-bond acceptors (Lipinski definition) is 3. The van der Waals surface area contributed by atoms with Crippen LogP contribution in [0.25, 0.3) is 0 Å². The Hall–Kier alpha value is -1.83. The third kappa shape index (κ3) is 3.26. The van der Waals surface area contributed by atoms with Crippen LogP contribution in [0.2, 0.25) is 0 Å². The third-order valence-electron chi connectivity index (χ3n) is 3.67. The molecule has 0 saturated carbocycles. The van der Waals surface area contributed by atoms with Gasteiger partial charge in [0.1, 0.15) is 6.10 Å². The summed E-state index contributed by atoms with van der Waals surface area (Å²) in [6.45, 7) is 2.41. The number of nitriles is 1. The van der Waals surface area contributed by atoms with Crippen LogP contribution in [0.4, 0.5) is 5.69 Å². The molecule has 3 nitrogen and oxygen atoms in total. The summed E-state index contributed by atoms with van der Waals surface area (Å²) >= 11 is 3.45. The molecule has 1 aliphatic rings. The van der Waals surface area contributed by atoms with Crippen molar-refractivity contribution in [3.05, 3.63) is 64.1 Å². The second-order valence-electron chi connectivity index (χ2n) is 5.02. The van der Waals surface area contributed by atoms with Crippen LogP contribution in [0.3, 0.4) is 0 Å². The molecular weight excluding hydrogens is 328 g/mol. The molecule has 0 aromatic heterocycles. The summed E-state index contributed by atoms with van der Waals surface area (Å²) < 4.78 is 6.97. The molecule has 2 aromatic carbocycles. The van der Waals surface area contributed by atoms with E-state index in [1.165, 1.54) is 5.56 Å². The summed E-state index contributed by atoms with van der Waals surface area (Å²) in [5.41, 5.74) is 3.02. The van der Waals surface area contributed by atoms with Crippen LogP contribution in [0.15, 0.2) is 53.0 Å². The third-order valence-corrected chi connectivity index (χ3v) is 4.20. The first-order valence-corrected chi connectivity index (χ1v) is 7.68. The fourth-order valence-corrected chi connectivity index (χ4v) is 2.77. The molecule has 0 aliphatic carbocycles. The van der Waals surface area contributed by atoms with E-state index in [0.717, 1.165) is 23.2 Å². The van der Waals surface area contributed by atoms with Crippen LogP contribution in [0, 0.1) is 11.3 Å². The second kappa shape index (κ2) is 6.30. The lowest BCUT2D eigenvalue weighted by atomic mass is 10.1. The van der Waals surface area contributed by atoms with Crippen molar-refractivity contribution in [2.24, 2.45) is 0 Å². The van der Waals surface area contributed by atoms with Gasteiger partial charge in [-0.2, -0.15) is 5.26 Å². The van der Waals surface area contributed by atoms with Gasteiger partial charge in [0.15, 0.2) is 0 Å². The summed E-state index contributed by atoms with van der Waals surface area (Å²) in [5.74, 6) is 0. The normalized spacial score (nSPS) is 18.3. The smallest absolute Gasteiger partial charge is 0.100 e. The first-order chi connectivity index (χ1) is 10.3. The van der Waals surface area contributed by atoms with Crippen molar-refractivity contribution >= 4 is 21.6 Å². The van der Waals surface area contributed by atoms with Gasteiger partial charge in [-0.1, -0.05) is 28.1 Å². The number of ether oxygens (including phenoxy) is 1. The molecule has 1 heterocycles. The molecule has 4 heteroatoms. The predicted molar refractivity (Wildman–Crippen MR) is 86.2 cm³/mol. The van der Waals surface area contributed by atoms with Crippen LogP contribution < -0.4 is 4.90 Å². The standard InChI is InChI=1S/C17H15BrN2O/c18-15-5-3-14(4-6-15)17-12-20(9-10-21-17)16-7-1-13(11-19)2-8-16/h1-8,17H,9-10,12H2. The molecular formula is C17H15BrN2O. The average molecular weight is 343 g/mol. The number of benzene rings is 2. The molecule has 21 heavy (non-hydrogen) atoms. The van der Waals surface area contributed by atoms with E-state index in [2.05, 4.69) is 39.0 Å². The van der Waals surface area contributed by atoms with E-state index in [4.69, 9.17) is 10.00 Å². The predicted octanol–water partition coefficient (Wildman–Crippen LogP) is 3.90. The van der Waals surface area contributed by atoms with Crippen molar-refractivity contribution in [3.63, 3.8) is 0 Å². The zero-order valence-corrected chi connectivity index (χ0v) is 13.1. The molecule has 0 N–H and O–H groups in total. The Morgan fingerprint density at radius 3 is 2.48 bits per heavy atom. The Morgan fingerprint density at radius 2 is 1.81 bits per heavy atom. The molecule has 1 atom stereocenters. The first kappa shape index (κ1) is 14.1. The van der Waals surface area contributed by atoms with E-state index in [1.807, 2.05) is 36.4 Å². The fraction of sp³-hybridized carbons (Fsp3) is 0.235. The van der Waals surface area contributed by atoms with Crippen molar-refractivity contribution in [1.29, 1.82) is 5.26 Å². The molecule has 1 fully saturated rings. The molecule has 1 aliphatic heterocycles. The highest BCUT2D eigenvalue weighted by molar-refractivity contribution is 9.10. The van der Waals surface area contributed by atoms with E-state index >= 15 is 0 Å². The molecule has 0 bridgehead atoms. The van der Waals surface area contributed by atoms with Gasteiger partial charge in [-0.25, -0.2) is 0 Å². The molecule has 1 unspecified atom stereocenters. The van der Waals surface area contributed by atoms with Gasteiger partial charge in [-0.3, -0.25) is 0 Å². The first-order valence-electron chi connectivity index (χ1n) is 6.88. The summed E-state index contributed by atoms with van der Waals surface area (Å²) in [6, 6.07) is 18.1. The maximum absolute atomic E-state index is 8.86. The van der Waals surface area contributed by atoms with Gasteiger partial charge >= 0.3 is 0 Å². The maximum atomic E-state index is 8.86. The van der Waals surface area contributed by atoms with Gasteiger partial charge in [-0.05, 0) is 42.0 Å². The second-order valence-corrected chi connectivity index (χ2v) is 5.93. The van der Waals surface area contributed by atoms with Gasteiger partial charge in [0, 0.05) is 23.2 Å². The van der Waals surface area contributed by atoms with Crippen LogP contribution in [0.1, 0.15) is 17.2 Å². The Morgan fingerprint density at radius 1 is 1.10 bits per heavy atom. The lowest BCUT2D eigenvalue weighted by Gasteiger charge is -2.34.